The lowest BCUT2D eigenvalue weighted by Gasteiger charge is -2.11. The van der Waals surface area contributed by atoms with E-state index in [-0.39, 0.29) is 35.2 Å². The van der Waals surface area contributed by atoms with Crippen LogP contribution in [0.15, 0.2) is 109 Å². The number of esters is 1. The number of nitrogens with one attached hydrogen (secondary N) is 9. The highest BCUT2D eigenvalue weighted by atomic mass is 16.5. The standard InChI is InChI=1S/C17H19N5O4.C17H19N5O3.C16H17N5O4/c1-11(23)18-8-9-19-13-10-14(22-16(24)17(25)26-2)21-15(20-13)12-6-4-3-5-7-12;1-11(23)17(25)22-15-10-14(19-9-8-18-12(2)24)20-16(21-15)13-6-4-3-5-7-13;1-10(22)17-7-8-18-12-9-13(21-15(23)16(24)25)20-14(19-12)11-5-3-2-4-6-11/h3-7,10H,8-9H2,1-2H3,(H,18,23)(H2,19,20,21,22,24);3-7,10H,8-9H2,1-2H3,(H,18,24)(H2,19,20,21,22,25);2-6,9H,7-8H2,1H3,(H,17,22)(H,24,25)(H2,18,19,20,21,23). The van der Waals surface area contributed by atoms with Crippen molar-refractivity contribution in [2.45, 2.75) is 27.7 Å². The van der Waals surface area contributed by atoms with Gasteiger partial charge in [0.25, 0.3) is 5.91 Å². The lowest BCUT2D eigenvalue weighted by Crippen LogP contribution is -2.27. The molecule has 0 saturated carbocycles. The Morgan fingerprint density at radius 1 is 0.408 bits per heavy atom. The molecule has 0 saturated heterocycles. The summed E-state index contributed by atoms with van der Waals surface area (Å²) in [6, 6.07) is 31.9. The van der Waals surface area contributed by atoms with Crippen molar-refractivity contribution in [1.29, 1.82) is 0 Å². The van der Waals surface area contributed by atoms with Crippen molar-refractivity contribution in [3.8, 4) is 34.2 Å². The van der Waals surface area contributed by atoms with Crippen molar-refractivity contribution in [2.24, 2.45) is 0 Å². The molecule has 76 heavy (non-hydrogen) atoms. The maximum atomic E-state index is 11.7. The van der Waals surface area contributed by atoms with Gasteiger partial charge in [-0.1, -0.05) is 91.0 Å². The van der Waals surface area contributed by atoms with Gasteiger partial charge in [-0.3, -0.25) is 33.6 Å². The van der Waals surface area contributed by atoms with Gasteiger partial charge in [0.2, 0.25) is 23.5 Å². The Bertz CT molecular complexity index is 2850. The van der Waals surface area contributed by atoms with E-state index in [1.54, 1.807) is 12.1 Å². The smallest absolute Gasteiger partial charge is 0.396 e. The number of hydrogen-bond donors (Lipinski definition) is 10. The van der Waals surface area contributed by atoms with E-state index in [0.29, 0.717) is 79.8 Å². The molecular weight excluding hydrogens is 987 g/mol. The first-order valence-electron chi connectivity index (χ1n) is 22.9. The second-order valence-electron chi connectivity index (χ2n) is 15.4. The second-order valence-corrected chi connectivity index (χ2v) is 15.4. The molecule has 26 nitrogen and oxygen atoms in total. The Kier molecular flexibility index (Phi) is 23.5. The molecule has 0 atom stereocenters. The SMILES string of the molecule is CC(=O)NCCNc1cc(NC(=O)C(=O)O)nc(-c2ccccc2)n1.CC(=O)NCCNc1cc(NC(=O)C(C)=O)nc(-c2ccccc2)n1.COC(=O)C(=O)Nc1cc(NCCNC(C)=O)nc(-c2ccccc2)n1. The number of rotatable bonds is 19. The van der Waals surface area contributed by atoms with Crippen LogP contribution in [0.3, 0.4) is 0 Å². The molecule has 6 amide bonds. The Morgan fingerprint density at radius 2 is 0.697 bits per heavy atom. The van der Waals surface area contributed by atoms with Gasteiger partial charge in [0.1, 0.15) is 34.9 Å². The largest absolute Gasteiger partial charge is 0.474 e. The number of carboxylic acid groups (broad SMARTS) is 1. The van der Waals surface area contributed by atoms with Crippen molar-refractivity contribution in [3.05, 3.63) is 109 Å². The molecule has 0 bridgehead atoms. The van der Waals surface area contributed by atoms with Crippen LogP contribution in [0.2, 0.25) is 0 Å². The maximum absolute atomic E-state index is 11.7. The van der Waals surface area contributed by atoms with E-state index in [1.165, 1.54) is 45.9 Å². The number of aliphatic carboxylic acids is 1. The quantitative estimate of drug-likeness (QED) is 0.0317. The van der Waals surface area contributed by atoms with Crippen LogP contribution in [0.4, 0.5) is 34.9 Å². The van der Waals surface area contributed by atoms with Gasteiger partial charge in [-0.05, 0) is 0 Å². The minimum absolute atomic E-state index is 0.0586. The van der Waals surface area contributed by atoms with E-state index in [1.807, 2.05) is 78.9 Å². The Labute approximate surface area is 435 Å². The molecule has 10 N–H and O–H groups in total. The van der Waals surface area contributed by atoms with Crippen LogP contribution < -0.4 is 47.9 Å². The number of amides is 6. The van der Waals surface area contributed by atoms with Crippen molar-refractivity contribution >= 4 is 88.1 Å². The van der Waals surface area contributed by atoms with Gasteiger partial charge >= 0.3 is 23.8 Å². The van der Waals surface area contributed by atoms with Crippen LogP contribution in [0, 0.1) is 0 Å². The minimum Gasteiger partial charge on any atom is -0.474 e. The van der Waals surface area contributed by atoms with Crippen LogP contribution in [0.1, 0.15) is 27.7 Å². The Balaban J connectivity index is 0.000000246. The summed E-state index contributed by atoms with van der Waals surface area (Å²) in [5.74, 6) is -3.70. The number of nitrogens with zero attached hydrogens (tertiary/aromatic N) is 6. The molecule has 0 aliphatic carbocycles. The normalized spacial score (nSPS) is 9.96. The summed E-state index contributed by atoms with van der Waals surface area (Å²) in [6.45, 7) is 7.96. The van der Waals surface area contributed by atoms with Gasteiger partial charge in [-0.15, -0.1) is 0 Å². The van der Waals surface area contributed by atoms with Gasteiger partial charge in [0.15, 0.2) is 17.5 Å². The highest BCUT2D eigenvalue weighted by Gasteiger charge is 2.18. The van der Waals surface area contributed by atoms with Crippen LogP contribution >= 0.6 is 0 Å². The second kappa shape index (κ2) is 30.6. The van der Waals surface area contributed by atoms with Crippen molar-refractivity contribution in [1.82, 2.24) is 45.9 Å². The number of ether oxygens (including phenoxy) is 1. The van der Waals surface area contributed by atoms with Gasteiger partial charge in [0, 0.05) is 102 Å². The molecule has 0 radical (unpaired) electrons. The van der Waals surface area contributed by atoms with E-state index in [9.17, 15) is 43.2 Å². The predicted molar refractivity (Wildman–Crippen MR) is 280 cm³/mol. The average Bonchev–Trinajstić information content (AvgIpc) is 3.40. The van der Waals surface area contributed by atoms with Gasteiger partial charge in [-0.25, -0.2) is 39.5 Å². The number of benzene rings is 3. The Hall–Kier alpha value is -10.3. The summed E-state index contributed by atoms with van der Waals surface area (Å²) >= 11 is 0. The number of carboxylic acids is 1. The number of anilines is 6. The van der Waals surface area contributed by atoms with Crippen molar-refractivity contribution < 1.29 is 53.0 Å². The van der Waals surface area contributed by atoms with E-state index in [2.05, 4.69) is 82.5 Å². The van der Waals surface area contributed by atoms with E-state index in [4.69, 9.17) is 5.11 Å². The summed E-state index contributed by atoms with van der Waals surface area (Å²) < 4.78 is 4.38. The molecule has 6 aromatic rings. The minimum atomic E-state index is -1.61. The predicted octanol–water partition coefficient (Wildman–Crippen LogP) is 2.74. The van der Waals surface area contributed by atoms with E-state index >= 15 is 0 Å². The third-order valence-electron chi connectivity index (χ3n) is 9.30. The van der Waals surface area contributed by atoms with Gasteiger partial charge in [0.05, 0.1) is 7.11 Å². The van der Waals surface area contributed by atoms with Gasteiger partial charge in [-0.2, -0.15) is 0 Å². The molecule has 0 spiro atoms. The molecule has 3 aromatic heterocycles. The molecule has 0 aliphatic heterocycles. The fourth-order valence-corrected chi connectivity index (χ4v) is 5.88. The molecule has 6 rings (SSSR count). The molecule has 3 heterocycles. The zero-order valence-electron chi connectivity index (χ0n) is 41.8. The number of Topliss-reactive ketones (excluding diaryl/α,β-unsaturated/α-hetero) is 1. The van der Waals surface area contributed by atoms with Crippen LogP contribution in [0.25, 0.3) is 34.2 Å². The lowest BCUT2D eigenvalue weighted by molar-refractivity contribution is -0.150. The third kappa shape index (κ3) is 21.2. The fraction of sp³-hybridized carbons (Fsp3) is 0.220. The van der Waals surface area contributed by atoms with Crippen molar-refractivity contribution in [2.75, 3.05) is 78.3 Å². The summed E-state index contributed by atoms with van der Waals surface area (Å²) in [5, 5.41) is 32.8. The van der Waals surface area contributed by atoms with Crippen LogP contribution in [-0.2, 0) is 47.9 Å². The number of hydrogen-bond acceptors (Lipinski definition) is 19. The lowest BCUT2D eigenvalue weighted by atomic mass is 10.2. The van der Waals surface area contributed by atoms with Gasteiger partial charge < -0.3 is 57.7 Å². The summed E-state index contributed by atoms with van der Waals surface area (Å²) in [6.07, 6.45) is 0. The molecule has 0 fully saturated rings. The maximum Gasteiger partial charge on any atom is 0.396 e. The number of methoxy groups -OCH3 is 1. The van der Waals surface area contributed by atoms with Crippen LogP contribution in [0.5, 0.6) is 0 Å². The third-order valence-corrected chi connectivity index (χ3v) is 9.30. The van der Waals surface area contributed by atoms with Crippen LogP contribution in [-0.4, -0.2) is 135 Å². The zero-order chi connectivity index (χ0) is 55.4. The highest BCUT2D eigenvalue weighted by molar-refractivity contribution is 6.39. The number of carbonyl (C=O) groups excluding carboxylic acids is 8. The molecular formula is C50H55N15O11. The van der Waals surface area contributed by atoms with Crippen molar-refractivity contribution in [3.63, 3.8) is 0 Å². The number of carbonyl (C=O) groups is 9. The Morgan fingerprint density at radius 3 is 0.974 bits per heavy atom. The average molecular weight is 1040 g/mol. The number of ketones is 1. The summed E-state index contributed by atoms with van der Waals surface area (Å²) in [7, 11) is 1.12. The highest BCUT2D eigenvalue weighted by Crippen LogP contribution is 2.23. The first kappa shape index (κ1) is 58.3. The molecule has 26 heteroatoms. The summed E-state index contributed by atoms with van der Waals surface area (Å²) in [4.78, 5) is 126. The van der Waals surface area contributed by atoms with E-state index < -0.39 is 35.4 Å². The first-order valence-corrected chi connectivity index (χ1v) is 22.9. The molecule has 0 unspecified atom stereocenters. The zero-order valence-corrected chi connectivity index (χ0v) is 41.8. The molecule has 3 aromatic carbocycles. The first-order chi connectivity index (χ1) is 36.4. The molecule has 396 valence electrons. The summed E-state index contributed by atoms with van der Waals surface area (Å²) in [5.41, 5.74) is 2.22. The number of aromatic nitrogens is 6. The topological polar surface area (TPSA) is 369 Å². The van der Waals surface area contributed by atoms with E-state index in [0.717, 1.165) is 18.2 Å². The monoisotopic (exact) mass is 1040 g/mol. The fourth-order valence-electron chi connectivity index (χ4n) is 5.88. The molecule has 0 aliphatic rings.